The number of halogens is 3. The van der Waals surface area contributed by atoms with Gasteiger partial charge in [0.05, 0.1) is 11.1 Å². The van der Waals surface area contributed by atoms with Gasteiger partial charge in [0.25, 0.3) is 17.7 Å². The average molecular weight is 480 g/mol. The molecule has 2 aliphatic rings. The van der Waals surface area contributed by atoms with Gasteiger partial charge in [-0.2, -0.15) is 21.6 Å². The number of rotatable bonds is 2. The molecule has 0 atom stereocenters. The van der Waals surface area contributed by atoms with Crippen LogP contribution in [0.1, 0.15) is 45.5 Å². The van der Waals surface area contributed by atoms with Gasteiger partial charge in [-0.05, 0) is 42.8 Å². The monoisotopic (exact) mass is 480 g/mol. The molecule has 0 N–H and O–H groups in total. The Labute approximate surface area is 186 Å². The van der Waals surface area contributed by atoms with Crippen LogP contribution in [0.5, 0.6) is 0 Å². The molecule has 1 fully saturated rings. The lowest BCUT2D eigenvalue weighted by atomic mass is 9.92. The Kier molecular flexibility index (Phi) is 5.63. The normalized spacial score (nSPS) is 16.6. The Morgan fingerprint density at radius 1 is 0.970 bits per heavy atom. The third-order valence-corrected chi connectivity index (χ3v) is 6.19. The van der Waals surface area contributed by atoms with Crippen LogP contribution < -0.4 is 0 Å². The van der Waals surface area contributed by atoms with E-state index in [-0.39, 0.29) is 22.4 Å². The number of hydroxylamine groups is 2. The summed E-state index contributed by atoms with van der Waals surface area (Å²) in [5.41, 5.74) is -6.00. The molecule has 12 heteroatoms. The summed E-state index contributed by atoms with van der Waals surface area (Å²) >= 11 is 0. The minimum Gasteiger partial charge on any atom is -0.332 e. The summed E-state index contributed by atoms with van der Waals surface area (Å²) in [7, 11) is -6.25. The van der Waals surface area contributed by atoms with Gasteiger partial charge in [-0.25, -0.2) is 0 Å². The summed E-state index contributed by atoms with van der Waals surface area (Å²) in [6.07, 6.45) is 2.82. The molecular formula is C21H15F3N2O6S. The molecule has 2 aliphatic heterocycles. The van der Waals surface area contributed by atoms with Crippen LogP contribution in [0.4, 0.5) is 13.2 Å². The second kappa shape index (κ2) is 8.17. The van der Waals surface area contributed by atoms with E-state index >= 15 is 0 Å². The summed E-state index contributed by atoms with van der Waals surface area (Å²) in [5.74, 6) is 2.16. The molecule has 0 aromatic heterocycles. The fraction of sp³-hybridized carbons (Fsp3) is 0.286. The van der Waals surface area contributed by atoms with Gasteiger partial charge in [0.2, 0.25) is 0 Å². The molecule has 2 heterocycles. The van der Waals surface area contributed by atoms with Crippen molar-refractivity contribution < 1.29 is 40.3 Å². The number of likely N-dealkylation sites (tertiary alicyclic amines) is 1. The zero-order valence-corrected chi connectivity index (χ0v) is 17.6. The van der Waals surface area contributed by atoms with Gasteiger partial charge >= 0.3 is 15.6 Å². The van der Waals surface area contributed by atoms with Crippen LogP contribution in [0.2, 0.25) is 0 Å². The Balaban J connectivity index is 1.73. The predicted molar refractivity (Wildman–Crippen MR) is 108 cm³/mol. The topological polar surface area (TPSA) is 101 Å². The van der Waals surface area contributed by atoms with E-state index in [4.69, 9.17) is 0 Å². The smallest absolute Gasteiger partial charge is 0.332 e. The Morgan fingerprint density at radius 3 is 2.24 bits per heavy atom. The van der Waals surface area contributed by atoms with E-state index in [2.05, 4.69) is 16.1 Å². The zero-order valence-electron chi connectivity index (χ0n) is 16.8. The van der Waals surface area contributed by atoms with Crippen molar-refractivity contribution in [1.29, 1.82) is 0 Å². The predicted octanol–water partition coefficient (Wildman–Crippen LogP) is 2.58. The minimum atomic E-state index is -6.25. The van der Waals surface area contributed by atoms with Crippen LogP contribution in [-0.4, -0.2) is 54.7 Å². The summed E-state index contributed by atoms with van der Waals surface area (Å²) in [6.45, 7) is 1.22. The van der Waals surface area contributed by atoms with Crippen molar-refractivity contribution >= 4 is 38.6 Å². The standard InChI is InChI=1S/C21H15F3N2O6S/c22-21(23,24)33(30,31)32-26-19(28)15-6-4-5-14-13(7-9-16(18(14)15)20(26)29)8-10-17(27)25-11-2-1-3-12-25/h4-7,9H,1-3,11-12H2. The van der Waals surface area contributed by atoms with Crippen LogP contribution >= 0.6 is 0 Å². The van der Waals surface area contributed by atoms with Gasteiger partial charge in [-0.3, -0.25) is 14.4 Å². The highest BCUT2D eigenvalue weighted by Crippen LogP contribution is 2.34. The second-order valence-electron chi connectivity index (χ2n) is 7.37. The van der Waals surface area contributed by atoms with Crippen LogP contribution in [0.25, 0.3) is 10.8 Å². The largest absolute Gasteiger partial charge is 0.525 e. The number of carbonyl (C=O) groups excluding carboxylic acids is 3. The molecule has 0 bridgehead atoms. The van der Waals surface area contributed by atoms with Crippen molar-refractivity contribution in [1.82, 2.24) is 9.96 Å². The number of hydrogen-bond acceptors (Lipinski definition) is 6. The summed E-state index contributed by atoms with van der Waals surface area (Å²) in [4.78, 5) is 39.3. The fourth-order valence-electron chi connectivity index (χ4n) is 3.69. The molecule has 0 spiro atoms. The highest BCUT2D eigenvalue weighted by molar-refractivity contribution is 7.87. The van der Waals surface area contributed by atoms with E-state index in [9.17, 15) is 36.0 Å². The molecule has 0 unspecified atom stereocenters. The van der Waals surface area contributed by atoms with Crippen molar-refractivity contribution in [2.24, 2.45) is 0 Å². The zero-order chi connectivity index (χ0) is 24.0. The van der Waals surface area contributed by atoms with Crippen LogP contribution in [0.15, 0.2) is 30.3 Å². The van der Waals surface area contributed by atoms with Crippen molar-refractivity contribution in [3.8, 4) is 11.8 Å². The van der Waals surface area contributed by atoms with Gasteiger partial charge in [-0.15, -0.1) is 9.35 Å². The molecule has 0 saturated carbocycles. The number of piperidine rings is 1. The number of benzene rings is 2. The molecule has 2 aromatic carbocycles. The third kappa shape index (κ3) is 4.05. The molecular weight excluding hydrogens is 465 g/mol. The molecule has 0 aliphatic carbocycles. The first-order chi connectivity index (χ1) is 15.5. The number of alkyl halides is 3. The van der Waals surface area contributed by atoms with Crippen molar-refractivity contribution in [2.75, 3.05) is 13.1 Å². The van der Waals surface area contributed by atoms with E-state index in [0.29, 0.717) is 24.0 Å². The fourth-order valence-corrected chi connectivity index (χ4v) is 4.10. The van der Waals surface area contributed by atoms with Gasteiger partial charge in [-0.1, -0.05) is 18.1 Å². The van der Waals surface area contributed by atoms with Gasteiger partial charge < -0.3 is 4.90 Å². The van der Waals surface area contributed by atoms with Crippen molar-refractivity contribution in [2.45, 2.75) is 24.8 Å². The van der Waals surface area contributed by atoms with Crippen molar-refractivity contribution in [3.63, 3.8) is 0 Å². The van der Waals surface area contributed by atoms with Crippen LogP contribution in [0.3, 0.4) is 0 Å². The molecule has 0 radical (unpaired) electrons. The number of amides is 3. The summed E-state index contributed by atoms with van der Waals surface area (Å²) in [6, 6.07) is 6.69. The van der Waals surface area contributed by atoms with E-state index < -0.39 is 32.5 Å². The number of hydrogen-bond donors (Lipinski definition) is 0. The Hall–Kier alpha value is -3.43. The van der Waals surface area contributed by atoms with Crippen LogP contribution in [0, 0.1) is 11.8 Å². The lowest BCUT2D eigenvalue weighted by molar-refractivity contribution is -0.125. The number of carbonyl (C=O) groups is 3. The first-order valence-electron chi connectivity index (χ1n) is 9.77. The average Bonchev–Trinajstić information content (AvgIpc) is 2.78. The van der Waals surface area contributed by atoms with Crippen LogP contribution in [-0.2, 0) is 19.2 Å². The molecule has 4 rings (SSSR count). The highest BCUT2D eigenvalue weighted by Gasteiger charge is 2.51. The highest BCUT2D eigenvalue weighted by atomic mass is 32.2. The van der Waals surface area contributed by atoms with Gasteiger partial charge in [0.15, 0.2) is 0 Å². The molecule has 33 heavy (non-hydrogen) atoms. The second-order valence-corrected chi connectivity index (χ2v) is 8.89. The third-order valence-electron chi connectivity index (χ3n) is 5.27. The molecule has 2 aromatic rings. The molecule has 172 valence electrons. The quantitative estimate of drug-likeness (QED) is 0.372. The Bertz CT molecular complexity index is 1330. The van der Waals surface area contributed by atoms with E-state index in [0.717, 1.165) is 19.3 Å². The maximum atomic E-state index is 12.7. The maximum absolute atomic E-state index is 12.7. The minimum absolute atomic E-state index is 0.0778. The molecule has 3 amide bonds. The first-order valence-corrected chi connectivity index (χ1v) is 11.2. The SMILES string of the molecule is O=C(C#Cc1ccc2c3c(cccc13)C(=O)N(OS(=O)(=O)C(F)(F)F)C2=O)N1CCCCC1. The van der Waals surface area contributed by atoms with Gasteiger partial charge in [0.1, 0.15) is 0 Å². The van der Waals surface area contributed by atoms with Gasteiger partial charge in [0, 0.05) is 30.0 Å². The molecule has 1 saturated heterocycles. The number of nitrogens with zero attached hydrogens (tertiary/aromatic N) is 2. The van der Waals surface area contributed by atoms with E-state index in [1.807, 2.05) is 0 Å². The number of imide groups is 1. The van der Waals surface area contributed by atoms with E-state index in [1.54, 1.807) is 4.90 Å². The lowest BCUT2D eigenvalue weighted by Crippen LogP contribution is -2.44. The lowest BCUT2D eigenvalue weighted by Gasteiger charge is -2.25. The first kappa shape index (κ1) is 22.8. The van der Waals surface area contributed by atoms with E-state index in [1.165, 1.54) is 30.3 Å². The van der Waals surface area contributed by atoms with Crippen molar-refractivity contribution in [3.05, 3.63) is 47.0 Å². The summed E-state index contributed by atoms with van der Waals surface area (Å²) in [5, 5.41) is -0.0384. The summed E-state index contributed by atoms with van der Waals surface area (Å²) < 4.78 is 64.6. The molecule has 8 nitrogen and oxygen atoms in total. The Morgan fingerprint density at radius 2 is 1.61 bits per heavy atom. The maximum Gasteiger partial charge on any atom is 0.525 e.